The van der Waals surface area contributed by atoms with Crippen molar-refractivity contribution in [2.24, 2.45) is 13.0 Å². The van der Waals surface area contributed by atoms with E-state index in [1.807, 2.05) is 23.0 Å². The normalized spacial score (nSPS) is 18.9. The van der Waals surface area contributed by atoms with Gasteiger partial charge in [-0.05, 0) is 49.0 Å². The number of aryl methyl sites for hydroxylation is 1. The molecule has 1 aliphatic carbocycles. The van der Waals surface area contributed by atoms with Gasteiger partial charge in [0.2, 0.25) is 0 Å². The number of thiophene rings is 1. The van der Waals surface area contributed by atoms with E-state index in [9.17, 15) is 0 Å². The fraction of sp³-hybridized carbons (Fsp3) is 0.538. The summed E-state index contributed by atoms with van der Waals surface area (Å²) >= 11 is 7.05. The number of nitrogens with zero attached hydrogens (tertiary/aromatic N) is 2. The van der Waals surface area contributed by atoms with Crippen molar-refractivity contribution in [3.8, 4) is 10.7 Å². The highest BCUT2D eigenvalue weighted by molar-refractivity contribution is 7.71. The summed E-state index contributed by atoms with van der Waals surface area (Å²) in [6.45, 7) is 2.29. The van der Waals surface area contributed by atoms with Gasteiger partial charge in [0.15, 0.2) is 10.6 Å². The molecule has 2 aromatic rings. The van der Waals surface area contributed by atoms with E-state index < -0.39 is 0 Å². The lowest BCUT2D eigenvalue weighted by molar-refractivity contribution is 0.449. The first-order valence-corrected chi connectivity index (χ1v) is 7.65. The molecule has 1 atom stereocenters. The van der Waals surface area contributed by atoms with Crippen LogP contribution >= 0.6 is 23.6 Å². The van der Waals surface area contributed by atoms with Crippen molar-refractivity contribution in [3.63, 3.8) is 0 Å². The van der Waals surface area contributed by atoms with E-state index in [4.69, 9.17) is 12.2 Å². The number of aromatic nitrogens is 3. The SMILES string of the molecule is CC[C@@H]1CCc2sc(-c3n[nH]c(=S)n3C)cc2C1. The molecule has 2 aromatic heterocycles. The number of aromatic amines is 1. The lowest BCUT2D eigenvalue weighted by Crippen LogP contribution is -2.10. The molecule has 0 saturated heterocycles. The topological polar surface area (TPSA) is 33.6 Å². The van der Waals surface area contributed by atoms with Gasteiger partial charge in [0, 0.05) is 11.9 Å². The van der Waals surface area contributed by atoms with Crippen LogP contribution in [0.2, 0.25) is 0 Å². The molecule has 1 aliphatic rings. The summed E-state index contributed by atoms with van der Waals surface area (Å²) < 4.78 is 2.63. The third-order valence-electron chi connectivity index (χ3n) is 3.86. The zero-order valence-electron chi connectivity index (χ0n) is 10.7. The Morgan fingerprint density at radius 1 is 1.61 bits per heavy atom. The Morgan fingerprint density at radius 2 is 2.44 bits per heavy atom. The first-order chi connectivity index (χ1) is 8.69. The molecule has 3 nitrogen and oxygen atoms in total. The molecule has 5 heteroatoms. The molecule has 3 rings (SSSR count). The quantitative estimate of drug-likeness (QED) is 0.850. The molecule has 18 heavy (non-hydrogen) atoms. The Hall–Kier alpha value is -0.940. The first kappa shape index (κ1) is 12.1. The minimum Gasteiger partial charge on any atom is -0.303 e. The Balaban J connectivity index is 1.99. The smallest absolute Gasteiger partial charge is 0.195 e. The van der Waals surface area contributed by atoms with Gasteiger partial charge in [0.25, 0.3) is 0 Å². The third-order valence-corrected chi connectivity index (χ3v) is 5.46. The maximum Gasteiger partial charge on any atom is 0.195 e. The Kier molecular flexibility index (Phi) is 3.11. The summed E-state index contributed by atoms with van der Waals surface area (Å²) in [5.74, 6) is 1.83. The van der Waals surface area contributed by atoms with Crippen molar-refractivity contribution in [1.29, 1.82) is 0 Å². The van der Waals surface area contributed by atoms with E-state index in [0.29, 0.717) is 4.77 Å². The van der Waals surface area contributed by atoms with Crippen LogP contribution < -0.4 is 0 Å². The summed E-state index contributed by atoms with van der Waals surface area (Å²) in [6, 6.07) is 2.31. The van der Waals surface area contributed by atoms with Gasteiger partial charge in [0.05, 0.1) is 4.88 Å². The third kappa shape index (κ3) is 1.95. The summed E-state index contributed by atoms with van der Waals surface area (Å²) in [4.78, 5) is 2.79. The molecule has 0 radical (unpaired) electrons. The highest BCUT2D eigenvalue weighted by Gasteiger charge is 2.21. The molecule has 0 fully saturated rings. The zero-order valence-corrected chi connectivity index (χ0v) is 12.3. The van der Waals surface area contributed by atoms with Crippen LogP contribution in [0.5, 0.6) is 0 Å². The van der Waals surface area contributed by atoms with Gasteiger partial charge in [0.1, 0.15) is 0 Å². The summed E-state index contributed by atoms with van der Waals surface area (Å²) in [5, 5.41) is 7.18. The molecule has 0 aromatic carbocycles. The van der Waals surface area contributed by atoms with Crippen LogP contribution in [-0.2, 0) is 19.9 Å². The fourth-order valence-corrected chi connectivity index (χ4v) is 3.99. The van der Waals surface area contributed by atoms with Crippen LogP contribution in [0.4, 0.5) is 0 Å². The Labute approximate surface area is 116 Å². The van der Waals surface area contributed by atoms with Gasteiger partial charge in [-0.2, -0.15) is 5.10 Å². The number of hydrogen-bond donors (Lipinski definition) is 1. The summed E-state index contributed by atoms with van der Waals surface area (Å²) in [7, 11) is 1.97. The predicted octanol–water partition coefficient (Wildman–Crippen LogP) is 3.72. The van der Waals surface area contributed by atoms with Crippen LogP contribution in [0.15, 0.2) is 6.07 Å². The average Bonchev–Trinajstić information content (AvgIpc) is 2.93. The number of rotatable bonds is 2. The molecule has 0 spiro atoms. The molecule has 0 amide bonds. The highest BCUT2D eigenvalue weighted by Crippen LogP contribution is 2.37. The summed E-state index contributed by atoms with van der Waals surface area (Å²) in [6.07, 6.45) is 5.09. The molecular formula is C13H17N3S2. The van der Waals surface area contributed by atoms with Gasteiger partial charge in [-0.15, -0.1) is 11.3 Å². The molecule has 0 aliphatic heterocycles. The van der Waals surface area contributed by atoms with Gasteiger partial charge in [-0.1, -0.05) is 13.3 Å². The molecular weight excluding hydrogens is 262 g/mol. The number of nitrogens with one attached hydrogen (secondary N) is 1. The van der Waals surface area contributed by atoms with Crippen molar-refractivity contribution in [1.82, 2.24) is 14.8 Å². The Bertz CT molecular complexity index is 620. The second-order valence-electron chi connectivity index (χ2n) is 4.99. The lowest BCUT2D eigenvalue weighted by atomic mass is 9.87. The van der Waals surface area contributed by atoms with Crippen LogP contribution in [0, 0.1) is 10.7 Å². The van der Waals surface area contributed by atoms with Gasteiger partial charge < -0.3 is 4.57 Å². The first-order valence-electron chi connectivity index (χ1n) is 6.42. The van der Waals surface area contributed by atoms with Crippen LogP contribution in [-0.4, -0.2) is 14.8 Å². The van der Waals surface area contributed by atoms with Crippen LogP contribution in [0.1, 0.15) is 30.2 Å². The van der Waals surface area contributed by atoms with Gasteiger partial charge in [-0.25, -0.2) is 0 Å². The average molecular weight is 279 g/mol. The van der Waals surface area contributed by atoms with Crippen molar-refractivity contribution < 1.29 is 0 Å². The van der Waals surface area contributed by atoms with E-state index in [0.717, 1.165) is 11.7 Å². The van der Waals surface area contributed by atoms with E-state index in [2.05, 4.69) is 23.2 Å². The largest absolute Gasteiger partial charge is 0.303 e. The molecule has 0 saturated carbocycles. The van der Waals surface area contributed by atoms with Crippen molar-refractivity contribution >= 4 is 23.6 Å². The maximum absolute atomic E-state index is 5.17. The molecule has 96 valence electrons. The summed E-state index contributed by atoms with van der Waals surface area (Å²) in [5.41, 5.74) is 1.53. The van der Waals surface area contributed by atoms with Crippen LogP contribution in [0.3, 0.4) is 0 Å². The maximum atomic E-state index is 5.17. The number of fused-ring (bicyclic) bond motifs is 1. The van der Waals surface area contributed by atoms with Gasteiger partial charge >= 0.3 is 0 Å². The Morgan fingerprint density at radius 3 is 3.11 bits per heavy atom. The highest BCUT2D eigenvalue weighted by atomic mass is 32.1. The van der Waals surface area contributed by atoms with Crippen molar-refractivity contribution in [2.45, 2.75) is 32.6 Å². The number of hydrogen-bond acceptors (Lipinski definition) is 3. The van der Waals surface area contributed by atoms with Crippen molar-refractivity contribution in [2.75, 3.05) is 0 Å². The second-order valence-corrected chi connectivity index (χ2v) is 6.51. The van der Waals surface area contributed by atoms with Gasteiger partial charge in [-0.3, -0.25) is 5.10 Å². The van der Waals surface area contributed by atoms with E-state index in [1.165, 1.54) is 36.1 Å². The predicted molar refractivity (Wildman–Crippen MR) is 77.5 cm³/mol. The molecule has 2 heterocycles. The van der Waals surface area contributed by atoms with Crippen molar-refractivity contribution in [3.05, 3.63) is 21.3 Å². The molecule has 0 unspecified atom stereocenters. The van der Waals surface area contributed by atoms with E-state index >= 15 is 0 Å². The molecule has 1 N–H and O–H groups in total. The van der Waals surface area contributed by atoms with E-state index in [-0.39, 0.29) is 0 Å². The van der Waals surface area contributed by atoms with E-state index in [1.54, 1.807) is 4.88 Å². The lowest BCUT2D eigenvalue weighted by Gasteiger charge is -2.19. The number of H-pyrrole nitrogens is 1. The molecule has 0 bridgehead atoms. The fourth-order valence-electron chi connectivity index (χ4n) is 2.63. The zero-order chi connectivity index (χ0) is 12.7. The minimum absolute atomic E-state index is 0.683. The standard InChI is InChI=1S/C13H17N3S2/c1-3-8-4-5-10-9(6-8)7-11(18-10)12-14-15-13(17)16(12)2/h7-8H,3-6H2,1-2H3,(H,15,17)/t8-/m1/s1. The monoisotopic (exact) mass is 279 g/mol. The minimum atomic E-state index is 0.683. The second kappa shape index (κ2) is 4.63. The van der Waals surface area contributed by atoms with Crippen LogP contribution in [0.25, 0.3) is 10.7 Å².